The van der Waals surface area contributed by atoms with Crippen molar-refractivity contribution in [1.29, 1.82) is 0 Å². The van der Waals surface area contributed by atoms with E-state index in [1.807, 2.05) is 23.1 Å². The van der Waals surface area contributed by atoms with Gasteiger partial charge in [-0.05, 0) is 48.9 Å². The average Bonchev–Trinajstić information content (AvgIpc) is 3.18. The molecule has 5 nitrogen and oxygen atoms in total. The Hall–Kier alpha value is -3.05. The van der Waals surface area contributed by atoms with Crippen LogP contribution in [-0.2, 0) is 17.8 Å². The van der Waals surface area contributed by atoms with Crippen LogP contribution in [0.25, 0.3) is 0 Å². The number of aromatic nitrogens is 1. The van der Waals surface area contributed by atoms with E-state index in [9.17, 15) is 4.79 Å². The topological polar surface area (TPSA) is 43.7 Å². The molecule has 0 unspecified atom stereocenters. The van der Waals surface area contributed by atoms with Crippen LogP contribution in [0.5, 0.6) is 5.75 Å². The summed E-state index contributed by atoms with van der Waals surface area (Å²) in [6.07, 6.45) is 2.06. The molecule has 1 heterocycles. The van der Waals surface area contributed by atoms with E-state index in [0.717, 1.165) is 18.0 Å². The van der Waals surface area contributed by atoms with E-state index in [1.54, 1.807) is 26.4 Å². The highest BCUT2D eigenvalue weighted by Gasteiger charge is 2.17. The zero-order chi connectivity index (χ0) is 20.6. The van der Waals surface area contributed by atoms with Crippen molar-refractivity contribution in [2.24, 2.45) is 0 Å². The quantitative estimate of drug-likeness (QED) is 0.550. The number of hydrogen-bond donors (Lipinski definition) is 0. The molecule has 1 aromatic heterocycles. The largest absolute Gasteiger partial charge is 0.497 e. The number of carbonyl (C=O) groups is 1. The number of carbonyl (C=O) groups excluding carboxylic acids is 1. The standard InChI is InChI=1S/C24H28N2O3/c1-19-6-8-20(9-7-19)17-25-14-4-5-22(25)18-26(15-16-28-2)24(27)21-10-12-23(29-3)13-11-21/h4-14H,15-18H2,1-3H3. The van der Waals surface area contributed by atoms with Gasteiger partial charge in [0.25, 0.3) is 5.91 Å². The van der Waals surface area contributed by atoms with E-state index in [0.29, 0.717) is 25.3 Å². The molecule has 0 radical (unpaired) electrons. The minimum Gasteiger partial charge on any atom is -0.497 e. The molecule has 0 bridgehead atoms. The smallest absolute Gasteiger partial charge is 0.254 e. The van der Waals surface area contributed by atoms with Crippen LogP contribution in [0.3, 0.4) is 0 Å². The number of benzene rings is 2. The number of amides is 1. The maximum Gasteiger partial charge on any atom is 0.254 e. The lowest BCUT2D eigenvalue weighted by molar-refractivity contribution is 0.0676. The van der Waals surface area contributed by atoms with Crippen LogP contribution in [0.4, 0.5) is 0 Å². The lowest BCUT2D eigenvalue weighted by atomic mass is 10.1. The summed E-state index contributed by atoms with van der Waals surface area (Å²) in [4.78, 5) is 14.9. The van der Waals surface area contributed by atoms with Gasteiger partial charge in [0.1, 0.15) is 5.75 Å². The zero-order valence-corrected chi connectivity index (χ0v) is 17.3. The minimum absolute atomic E-state index is 0.0206. The third-order valence-corrected chi connectivity index (χ3v) is 4.94. The Bertz CT molecular complexity index is 914. The fourth-order valence-electron chi connectivity index (χ4n) is 3.20. The number of ether oxygens (including phenoxy) is 2. The third kappa shape index (κ3) is 5.48. The van der Waals surface area contributed by atoms with Gasteiger partial charge in [0.2, 0.25) is 0 Å². The molecule has 5 heteroatoms. The van der Waals surface area contributed by atoms with Gasteiger partial charge in [-0.3, -0.25) is 4.79 Å². The lowest BCUT2D eigenvalue weighted by Crippen LogP contribution is -2.34. The Morgan fingerprint density at radius 1 is 1.00 bits per heavy atom. The summed E-state index contributed by atoms with van der Waals surface area (Å²) in [6, 6.07) is 19.8. The van der Waals surface area contributed by atoms with Crippen molar-refractivity contribution in [2.75, 3.05) is 27.4 Å². The Labute approximate surface area is 172 Å². The van der Waals surface area contributed by atoms with Gasteiger partial charge < -0.3 is 18.9 Å². The van der Waals surface area contributed by atoms with Gasteiger partial charge in [0.05, 0.1) is 20.3 Å². The fraction of sp³-hybridized carbons (Fsp3) is 0.292. The molecule has 0 aliphatic rings. The molecule has 0 N–H and O–H groups in total. The first-order valence-corrected chi connectivity index (χ1v) is 9.72. The van der Waals surface area contributed by atoms with Gasteiger partial charge >= 0.3 is 0 Å². The van der Waals surface area contributed by atoms with Crippen LogP contribution < -0.4 is 4.74 Å². The van der Waals surface area contributed by atoms with Gasteiger partial charge in [-0.1, -0.05) is 29.8 Å². The lowest BCUT2D eigenvalue weighted by Gasteiger charge is -2.23. The summed E-state index contributed by atoms with van der Waals surface area (Å²) in [5, 5.41) is 0. The van der Waals surface area contributed by atoms with E-state index in [1.165, 1.54) is 11.1 Å². The van der Waals surface area contributed by atoms with Gasteiger partial charge in [0.15, 0.2) is 0 Å². The molecule has 0 fully saturated rings. The summed E-state index contributed by atoms with van der Waals surface area (Å²) >= 11 is 0. The highest BCUT2D eigenvalue weighted by atomic mass is 16.5. The Morgan fingerprint density at radius 3 is 2.38 bits per heavy atom. The van der Waals surface area contributed by atoms with Crippen LogP contribution in [0.1, 0.15) is 27.2 Å². The fourth-order valence-corrected chi connectivity index (χ4v) is 3.20. The summed E-state index contributed by atoms with van der Waals surface area (Å²) in [7, 11) is 3.26. The molecule has 0 aliphatic heterocycles. The molecule has 0 spiro atoms. The second-order valence-electron chi connectivity index (χ2n) is 7.06. The van der Waals surface area contributed by atoms with E-state index in [-0.39, 0.29) is 5.91 Å². The van der Waals surface area contributed by atoms with E-state index < -0.39 is 0 Å². The minimum atomic E-state index is -0.0206. The third-order valence-electron chi connectivity index (χ3n) is 4.94. The SMILES string of the molecule is COCCN(Cc1cccn1Cc1ccc(C)cc1)C(=O)c1ccc(OC)cc1. The van der Waals surface area contributed by atoms with Crippen molar-refractivity contribution in [3.05, 3.63) is 89.2 Å². The number of methoxy groups -OCH3 is 2. The summed E-state index contributed by atoms with van der Waals surface area (Å²) in [5.41, 5.74) is 4.21. The molecule has 3 aromatic rings. The Morgan fingerprint density at radius 2 is 1.72 bits per heavy atom. The van der Waals surface area contributed by atoms with Crippen LogP contribution in [-0.4, -0.2) is 42.7 Å². The average molecular weight is 392 g/mol. The Balaban J connectivity index is 1.77. The molecule has 0 saturated carbocycles. The first-order valence-electron chi connectivity index (χ1n) is 9.72. The number of nitrogens with zero attached hydrogens (tertiary/aromatic N) is 2. The van der Waals surface area contributed by atoms with Crippen LogP contribution >= 0.6 is 0 Å². The second kappa shape index (κ2) is 9.94. The first kappa shape index (κ1) is 20.7. The monoisotopic (exact) mass is 392 g/mol. The number of hydrogen-bond acceptors (Lipinski definition) is 3. The van der Waals surface area contributed by atoms with Crippen LogP contribution in [0.2, 0.25) is 0 Å². The predicted molar refractivity (Wildman–Crippen MR) is 114 cm³/mol. The molecule has 3 rings (SSSR count). The maximum absolute atomic E-state index is 13.1. The molecule has 0 aliphatic carbocycles. The predicted octanol–water partition coefficient (Wildman–Crippen LogP) is 4.14. The van der Waals surface area contributed by atoms with Gasteiger partial charge in [-0.2, -0.15) is 0 Å². The van der Waals surface area contributed by atoms with E-state index in [4.69, 9.17) is 9.47 Å². The molecule has 152 valence electrons. The molecule has 0 atom stereocenters. The highest BCUT2D eigenvalue weighted by molar-refractivity contribution is 5.94. The van der Waals surface area contributed by atoms with Crippen molar-refractivity contribution in [3.63, 3.8) is 0 Å². The van der Waals surface area contributed by atoms with Crippen LogP contribution in [0, 0.1) is 6.92 Å². The van der Waals surface area contributed by atoms with Gasteiger partial charge in [-0.15, -0.1) is 0 Å². The number of rotatable bonds is 9. The highest BCUT2D eigenvalue weighted by Crippen LogP contribution is 2.16. The van der Waals surface area contributed by atoms with E-state index in [2.05, 4.69) is 48.0 Å². The molecule has 29 heavy (non-hydrogen) atoms. The first-order chi connectivity index (χ1) is 14.1. The van der Waals surface area contributed by atoms with Gasteiger partial charge in [0, 0.05) is 37.7 Å². The molecule has 1 amide bonds. The van der Waals surface area contributed by atoms with Crippen LogP contribution in [0.15, 0.2) is 66.9 Å². The number of aryl methyl sites for hydroxylation is 1. The van der Waals surface area contributed by atoms with Crippen molar-refractivity contribution >= 4 is 5.91 Å². The summed E-state index contributed by atoms with van der Waals surface area (Å²) < 4.78 is 12.6. The molecular formula is C24H28N2O3. The van der Waals surface area contributed by atoms with Gasteiger partial charge in [-0.25, -0.2) is 0 Å². The van der Waals surface area contributed by atoms with E-state index >= 15 is 0 Å². The maximum atomic E-state index is 13.1. The molecule has 2 aromatic carbocycles. The summed E-state index contributed by atoms with van der Waals surface area (Å²) in [6.45, 7) is 4.39. The van der Waals surface area contributed by atoms with Crippen molar-refractivity contribution in [2.45, 2.75) is 20.0 Å². The second-order valence-corrected chi connectivity index (χ2v) is 7.06. The van der Waals surface area contributed by atoms with Crippen molar-refractivity contribution < 1.29 is 14.3 Å². The Kier molecular flexibility index (Phi) is 7.09. The molecule has 0 saturated heterocycles. The summed E-state index contributed by atoms with van der Waals surface area (Å²) in [5.74, 6) is 0.713. The normalized spacial score (nSPS) is 10.7. The molecular weight excluding hydrogens is 364 g/mol. The van der Waals surface area contributed by atoms with Crippen molar-refractivity contribution in [1.82, 2.24) is 9.47 Å². The zero-order valence-electron chi connectivity index (χ0n) is 17.3. The van der Waals surface area contributed by atoms with Crippen molar-refractivity contribution in [3.8, 4) is 5.75 Å².